The van der Waals surface area contributed by atoms with E-state index in [0.29, 0.717) is 39.3 Å². The van der Waals surface area contributed by atoms with Crippen LogP contribution >= 0.6 is 11.8 Å². The molecule has 0 aliphatic rings. The second-order valence-electron chi connectivity index (χ2n) is 5.30. The van der Waals surface area contributed by atoms with Gasteiger partial charge in [-0.3, -0.25) is 0 Å². The lowest BCUT2D eigenvalue weighted by atomic mass is 10.1. The van der Waals surface area contributed by atoms with Crippen molar-refractivity contribution in [1.29, 1.82) is 5.26 Å². The minimum atomic E-state index is -0.474. The molecule has 0 amide bonds. The Kier molecular flexibility index (Phi) is 6.95. The van der Waals surface area contributed by atoms with E-state index in [0.717, 1.165) is 19.3 Å². The summed E-state index contributed by atoms with van der Waals surface area (Å²) in [4.78, 5) is 20.6. The highest BCUT2D eigenvalue weighted by Gasteiger charge is 2.17. The number of carbonyl (C=O) groups is 1. The molecular weight excluding hydrogens is 340 g/mol. The molecule has 0 aliphatic carbocycles. The van der Waals surface area contributed by atoms with E-state index in [9.17, 15) is 10.1 Å². The van der Waals surface area contributed by atoms with Crippen molar-refractivity contribution in [2.75, 3.05) is 6.61 Å². The molecule has 0 bridgehead atoms. The van der Waals surface area contributed by atoms with Crippen LogP contribution in [0.5, 0.6) is 0 Å². The fraction of sp³-hybridized carbons (Fsp3) is 0.471. The maximum absolute atomic E-state index is 11.9. The molecule has 2 heterocycles. The number of rotatable bonds is 8. The first kappa shape index (κ1) is 18.9. The van der Waals surface area contributed by atoms with E-state index in [1.165, 1.54) is 17.8 Å². The molecule has 0 spiro atoms. The van der Waals surface area contributed by atoms with Gasteiger partial charge in [0.25, 0.3) is 0 Å². The van der Waals surface area contributed by atoms with Crippen molar-refractivity contribution in [1.82, 2.24) is 15.1 Å². The topological polar surface area (TPSA) is 102 Å². The van der Waals surface area contributed by atoms with Crippen molar-refractivity contribution in [3.8, 4) is 6.07 Å². The van der Waals surface area contributed by atoms with Gasteiger partial charge in [-0.15, -0.1) is 0 Å². The molecule has 0 saturated heterocycles. The molecule has 2 aromatic heterocycles. The lowest BCUT2D eigenvalue weighted by Gasteiger charge is -2.08. The van der Waals surface area contributed by atoms with Gasteiger partial charge in [0.1, 0.15) is 11.1 Å². The molecule has 0 N–H and O–H groups in total. The summed E-state index contributed by atoms with van der Waals surface area (Å²) in [5.41, 5.74) is 1.15. The number of nitriles is 1. The predicted molar refractivity (Wildman–Crippen MR) is 92.1 cm³/mol. The van der Waals surface area contributed by atoms with Gasteiger partial charge < -0.3 is 9.26 Å². The molecule has 0 aliphatic heterocycles. The molecule has 0 radical (unpaired) electrons. The molecule has 0 unspecified atom stereocenters. The SMILES string of the molecule is CCCCc1noc(CSc2nc(C)c(C(=O)OCC)cc2C#N)n1. The van der Waals surface area contributed by atoms with Crippen LogP contribution in [0.2, 0.25) is 0 Å². The highest BCUT2D eigenvalue weighted by Crippen LogP contribution is 2.26. The number of carbonyl (C=O) groups excluding carboxylic acids is 1. The normalized spacial score (nSPS) is 10.5. The molecule has 0 aromatic carbocycles. The molecule has 25 heavy (non-hydrogen) atoms. The van der Waals surface area contributed by atoms with Crippen molar-refractivity contribution >= 4 is 17.7 Å². The summed E-state index contributed by atoms with van der Waals surface area (Å²) in [6.45, 7) is 5.82. The molecule has 2 aromatic rings. The van der Waals surface area contributed by atoms with Crippen molar-refractivity contribution in [3.05, 3.63) is 34.6 Å². The number of aromatic nitrogens is 3. The van der Waals surface area contributed by atoms with Crippen LogP contribution in [0.4, 0.5) is 0 Å². The minimum absolute atomic E-state index is 0.272. The second-order valence-corrected chi connectivity index (χ2v) is 6.27. The Labute approximate surface area is 150 Å². The zero-order valence-electron chi connectivity index (χ0n) is 14.5. The van der Waals surface area contributed by atoms with Gasteiger partial charge in [-0.2, -0.15) is 10.2 Å². The van der Waals surface area contributed by atoms with E-state index in [2.05, 4.69) is 28.1 Å². The Balaban J connectivity index is 2.11. The Morgan fingerprint density at radius 3 is 2.88 bits per heavy atom. The van der Waals surface area contributed by atoms with E-state index in [1.54, 1.807) is 13.8 Å². The van der Waals surface area contributed by atoms with Crippen LogP contribution in [0.15, 0.2) is 15.6 Å². The van der Waals surface area contributed by atoms with Gasteiger partial charge in [-0.05, 0) is 26.3 Å². The van der Waals surface area contributed by atoms with Gasteiger partial charge in [0.2, 0.25) is 5.89 Å². The van der Waals surface area contributed by atoms with Crippen LogP contribution in [0, 0.1) is 18.3 Å². The first-order valence-electron chi connectivity index (χ1n) is 8.12. The molecule has 7 nitrogen and oxygen atoms in total. The molecule has 0 atom stereocenters. The van der Waals surface area contributed by atoms with Gasteiger partial charge in [0.15, 0.2) is 5.82 Å². The number of aryl methyl sites for hydroxylation is 2. The highest BCUT2D eigenvalue weighted by molar-refractivity contribution is 7.98. The van der Waals surface area contributed by atoms with Gasteiger partial charge in [-0.25, -0.2) is 9.78 Å². The van der Waals surface area contributed by atoms with Crippen molar-refractivity contribution in [2.24, 2.45) is 0 Å². The summed E-state index contributed by atoms with van der Waals surface area (Å²) < 4.78 is 10.2. The summed E-state index contributed by atoms with van der Waals surface area (Å²) in [5.74, 6) is 1.13. The van der Waals surface area contributed by atoms with Crippen LogP contribution in [0.25, 0.3) is 0 Å². The van der Waals surface area contributed by atoms with Crippen LogP contribution in [0.3, 0.4) is 0 Å². The van der Waals surface area contributed by atoms with Crippen molar-refractivity contribution < 1.29 is 14.1 Å². The van der Waals surface area contributed by atoms with Gasteiger partial charge in [0.05, 0.1) is 29.2 Å². The third kappa shape index (κ3) is 5.03. The largest absolute Gasteiger partial charge is 0.462 e. The summed E-state index contributed by atoms with van der Waals surface area (Å²) in [7, 11) is 0. The number of esters is 1. The van der Waals surface area contributed by atoms with E-state index in [1.807, 2.05) is 0 Å². The van der Waals surface area contributed by atoms with E-state index >= 15 is 0 Å². The predicted octanol–water partition coefficient (Wildman–Crippen LogP) is 3.46. The average molecular weight is 360 g/mol. The fourth-order valence-electron chi connectivity index (χ4n) is 2.10. The molecule has 0 fully saturated rings. The third-order valence-electron chi connectivity index (χ3n) is 3.39. The first-order valence-corrected chi connectivity index (χ1v) is 9.10. The Hall–Kier alpha value is -2.40. The Bertz CT molecular complexity index is 783. The maximum Gasteiger partial charge on any atom is 0.340 e. The molecule has 0 saturated carbocycles. The van der Waals surface area contributed by atoms with Crippen molar-refractivity contribution in [2.45, 2.75) is 50.8 Å². The van der Waals surface area contributed by atoms with Gasteiger partial charge in [0, 0.05) is 6.42 Å². The molecular formula is C17H20N4O3S. The van der Waals surface area contributed by atoms with E-state index < -0.39 is 5.97 Å². The smallest absolute Gasteiger partial charge is 0.340 e. The Morgan fingerprint density at radius 1 is 1.40 bits per heavy atom. The van der Waals surface area contributed by atoms with Crippen LogP contribution in [0.1, 0.15) is 60.0 Å². The van der Waals surface area contributed by atoms with Crippen molar-refractivity contribution in [3.63, 3.8) is 0 Å². The van der Waals surface area contributed by atoms with E-state index in [-0.39, 0.29) is 6.61 Å². The lowest BCUT2D eigenvalue weighted by molar-refractivity contribution is 0.0524. The number of nitrogens with zero attached hydrogens (tertiary/aromatic N) is 4. The number of unbranched alkanes of at least 4 members (excludes halogenated alkanes) is 1. The third-order valence-corrected chi connectivity index (χ3v) is 4.37. The number of hydrogen-bond acceptors (Lipinski definition) is 8. The second kappa shape index (κ2) is 9.18. The lowest BCUT2D eigenvalue weighted by Crippen LogP contribution is -2.09. The zero-order valence-corrected chi connectivity index (χ0v) is 15.4. The summed E-state index contributed by atoms with van der Waals surface area (Å²) in [5, 5.41) is 13.8. The average Bonchev–Trinajstić information content (AvgIpc) is 3.06. The number of hydrogen-bond donors (Lipinski definition) is 0. The van der Waals surface area contributed by atoms with Gasteiger partial charge >= 0.3 is 5.97 Å². The number of ether oxygens (including phenoxy) is 1. The number of thioether (sulfide) groups is 1. The zero-order chi connectivity index (χ0) is 18.2. The highest BCUT2D eigenvalue weighted by atomic mass is 32.2. The minimum Gasteiger partial charge on any atom is -0.462 e. The molecule has 2 rings (SSSR count). The van der Waals surface area contributed by atoms with Gasteiger partial charge in [-0.1, -0.05) is 30.3 Å². The summed E-state index contributed by atoms with van der Waals surface area (Å²) in [6.07, 6.45) is 2.88. The molecule has 8 heteroatoms. The van der Waals surface area contributed by atoms with Crippen LogP contribution < -0.4 is 0 Å². The van der Waals surface area contributed by atoms with Crippen LogP contribution in [-0.4, -0.2) is 27.7 Å². The first-order chi connectivity index (χ1) is 12.1. The number of pyridine rings is 1. The van der Waals surface area contributed by atoms with E-state index in [4.69, 9.17) is 9.26 Å². The fourth-order valence-corrected chi connectivity index (χ4v) is 2.94. The van der Waals surface area contributed by atoms with Crippen LogP contribution in [-0.2, 0) is 16.9 Å². The molecule has 132 valence electrons. The summed E-state index contributed by atoms with van der Waals surface area (Å²) in [6, 6.07) is 3.59. The Morgan fingerprint density at radius 2 is 2.20 bits per heavy atom. The maximum atomic E-state index is 11.9. The standard InChI is InChI=1S/C17H20N4O3S/c1-4-6-7-14-20-15(24-21-14)10-25-16-12(9-18)8-13(11(3)19-16)17(22)23-5-2/h8H,4-7,10H2,1-3H3. The summed E-state index contributed by atoms with van der Waals surface area (Å²) >= 11 is 1.33. The monoisotopic (exact) mass is 360 g/mol. The quantitative estimate of drug-likeness (QED) is 0.521.